The molecule has 5 nitrogen and oxygen atoms in total. The molecule has 2 aromatic rings. The molecule has 0 radical (unpaired) electrons. The summed E-state index contributed by atoms with van der Waals surface area (Å²) in [5.74, 6) is 1.25. The van der Waals surface area contributed by atoms with Crippen molar-refractivity contribution in [3.05, 3.63) is 41.6 Å². The van der Waals surface area contributed by atoms with Gasteiger partial charge in [-0.2, -0.15) is 0 Å². The van der Waals surface area contributed by atoms with Crippen molar-refractivity contribution in [2.24, 2.45) is 0 Å². The van der Waals surface area contributed by atoms with Gasteiger partial charge in [-0.15, -0.1) is 0 Å². The second-order valence-corrected chi connectivity index (χ2v) is 8.99. The highest BCUT2D eigenvalue weighted by Gasteiger charge is 2.23. The summed E-state index contributed by atoms with van der Waals surface area (Å²) in [4.78, 5) is 7.49. The Hall–Kier alpha value is -2.11. The molecule has 0 bridgehead atoms. The van der Waals surface area contributed by atoms with Crippen LogP contribution in [0.15, 0.2) is 30.3 Å². The Balaban J connectivity index is 1.87. The number of ether oxygens (including phenoxy) is 1. The number of rotatable bonds is 6. The molecule has 1 fully saturated rings. The van der Waals surface area contributed by atoms with E-state index in [1.807, 2.05) is 0 Å². The first-order valence-corrected chi connectivity index (χ1v) is 11.3. The number of aryl methyl sites for hydroxylation is 1. The van der Waals surface area contributed by atoms with E-state index in [0.717, 1.165) is 61.7 Å². The maximum atomic E-state index is 6.58. The van der Waals surface area contributed by atoms with Crippen molar-refractivity contribution in [3.8, 4) is 11.1 Å². The lowest BCUT2D eigenvalue weighted by molar-refractivity contribution is 0.177. The van der Waals surface area contributed by atoms with Crippen molar-refractivity contribution < 1.29 is 4.74 Å². The fourth-order valence-electron chi connectivity index (χ4n) is 4.36. The van der Waals surface area contributed by atoms with Gasteiger partial charge in [-0.05, 0) is 50.7 Å². The van der Waals surface area contributed by atoms with Gasteiger partial charge in [0.2, 0.25) is 0 Å². The second-order valence-electron chi connectivity index (χ2n) is 8.99. The molecule has 2 unspecified atom stereocenters. The lowest BCUT2D eigenvalue weighted by Crippen LogP contribution is -2.47. The molecule has 5 heteroatoms. The highest BCUT2D eigenvalue weighted by molar-refractivity contribution is 5.76. The summed E-state index contributed by atoms with van der Waals surface area (Å²) in [5.41, 5.74) is 12.0. The van der Waals surface area contributed by atoms with Crippen LogP contribution in [-0.2, 0) is 4.74 Å². The summed E-state index contributed by atoms with van der Waals surface area (Å²) >= 11 is 0. The van der Waals surface area contributed by atoms with E-state index in [1.54, 1.807) is 7.11 Å². The largest absolute Gasteiger partial charge is 0.396 e. The van der Waals surface area contributed by atoms with Crippen LogP contribution in [0.25, 0.3) is 11.1 Å². The summed E-state index contributed by atoms with van der Waals surface area (Å²) in [6, 6.07) is 11.6. The molecule has 3 rings (SSSR count). The number of aromatic nitrogens is 1. The smallest absolute Gasteiger partial charge is 0.152 e. The molecule has 0 amide bonds. The van der Waals surface area contributed by atoms with Crippen LogP contribution in [0.2, 0.25) is 0 Å². The Morgan fingerprint density at radius 3 is 2.67 bits per heavy atom. The molecular weight excluding hydrogens is 372 g/mol. The molecule has 0 spiro atoms. The number of anilines is 2. The Bertz CT molecular complexity index is 819. The molecule has 3 N–H and O–H groups in total. The quantitative estimate of drug-likeness (QED) is 0.720. The number of nitrogens with one attached hydrogen (secondary N) is 1. The number of benzene rings is 1. The third kappa shape index (κ3) is 5.52. The van der Waals surface area contributed by atoms with E-state index in [4.69, 9.17) is 15.5 Å². The van der Waals surface area contributed by atoms with Crippen LogP contribution in [0.3, 0.4) is 0 Å². The van der Waals surface area contributed by atoms with Crippen LogP contribution in [0.5, 0.6) is 0 Å². The number of pyridine rings is 1. The number of nitrogens with zero attached hydrogens (tertiary/aromatic N) is 2. The molecule has 30 heavy (non-hydrogen) atoms. The zero-order chi connectivity index (χ0) is 21.7. The monoisotopic (exact) mass is 410 g/mol. The molecule has 2 atom stereocenters. The Morgan fingerprint density at radius 2 is 2.00 bits per heavy atom. The lowest BCUT2D eigenvalue weighted by Gasteiger charge is -2.34. The number of nitrogen functional groups attached to an aromatic ring is 1. The maximum absolute atomic E-state index is 6.58. The van der Waals surface area contributed by atoms with Gasteiger partial charge in [0.1, 0.15) is 0 Å². The van der Waals surface area contributed by atoms with Crippen LogP contribution in [0, 0.1) is 6.92 Å². The summed E-state index contributed by atoms with van der Waals surface area (Å²) in [6.07, 6.45) is 3.32. The first kappa shape index (κ1) is 22.6. The normalized spacial score (nSPS) is 20.3. The van der Waals surface area contributed by atoms with Gasteiger partial charge in [0.05, 0.1) is 11.4 Å². The van der Waals surface area contributed by atoms with Crippen molar-refractivity contribution in [2.75, 3.05) is 37.4 Å². The molecule has 164 valence electrons. The predicted octanol–water partition coefficient (Wildman–Crippen LogP) is 4.75. The lowest BCUT2D eigenvalue weighted by atomic mass is 9.96. The first-order chi connectivity index (χ1) is 14.4. The summed E-state index contributed by atoms with van der Waals surface area (Å²) in [5, 5.41) is 3.76. The van der Waals surface area contributed by atoms with Crippen molar-refractivity contribution in [3.63, 3.8) is 0 Å². The third-order valence-corrected chi connectivity index (χ3v) is 5.93. The van der Waals surface area contributed by atoms with E-state index in [1.165, 1.54) is 11.1 Å². The topological polar surface area (TPSA) is 63.4 Å². The van der Waals surface area contributed by atoms with Gasteiger partial charge in [-0.25, -0.2) is 4.98 Å². The summed E-state index contributed by atoms with van der Waals surface area (Å²) < 4.78 is 5.27. The van der Waals surface area contributed by atoms with Gasteiger partial charge in [0.15, 0.2) is 5.82 Å². The highest BCUT2D eigenvalue weighted by Crippen LogP contribution is 2.34. The maximum Gasteiger partial charge on any atom is 0.152 e. The van der Waals surface area contributed by atoms with Crippen LogP contribution in [0.4, 0.5) is 11.5 Å². The zero-order valence-corrected chi connectivity index (χ0v) is 19.2. The molecule has 1 aromatic heterocycles. The highest BCUT2D eigenvalue weighted by atomic mass is 16.5. The van der Waals surface area contributed by atoms with Crippen LogP contribution >= 0.6 is 0 Å². The van der Waals surface area contributed by atoms with Gasteiger partial charge < -0.3 is 20.7 Å². The van der Waals surface area contributed by atoms with Gasteiger partial charge >= 0.3 is 0 Å². The molecule has 0 aliphatic carbocycles. The van der Waals surface area contributed by atoms with Gasteiger partial charge in [-0.1, -0.05) is 43.7 Å². The number of hydrogen-bond donors (Lipinski definition) is 2. The zero-order valence-electron chi connectivity index (χ0n) is 19.2. The van der Waals surface area contributed by atoms with Crippen molar-refractivity contribution in [1.29, 1.82) is 0 Å². The molecule has 2 heterocycles. The van der Waals surface area contributed by atoms with E-state index in [-0.39, 0.29) is 0 Å². The average molecular weight is 411 g/mol. The number of hydrogen-bond acceptors (Lipinski definition) is 5. The molecule has 1 saturated heterocycles. The third-order valence-electron chi connectivity index (χ3n) is 5.93. The second kappa shape index (κ2) is 10.3. The molecule has 1 aliphatic rings. The summed E-state index contributed by atoms with van der Waals surface area (Å²) in [7, 11) is 1.77. The van der Waals surface area contributed by atoms with Crippen LogP contribution < -0.4 is 16.0 Å². The van der Waals surface area contributed by atoms with E-state index >= 15 is 0 Å². The SMILES string of the molecule is COCCC1CCCN(c2nc(C(C)C)c(-c3ccc(C)cc3)cc2N)CC(C)N1. The fraction of sp³-hybridized carbons (Fsp3) is 0.560. The number of nitrogens with two attached hydrogens (primary N) is 1. The van der Waals surface area contributed by atoms with E-state index < -0.39 is 0 Å². The minimum absolute atomic E-state index is 0.324. The van der Waals surface area contributed by atoms with Gasteiger partial charge in [0.25, 0.3) is 0 Å². The van der Waals surface area contributed by atoms with Gasteiger partial charge in [0, 0.05) is 44.5 Å². The van der Waals surface area contributed by atoms with Crippen molar-refractivity contribution in [1.82, 2.24) is 10.3 Å². The Labute approximate surface area is 182 Å². The molecular formula is C25H38N4O. The molecule has 1 aliphatic heterocycles. The van der Waals surface area contributed by atoms with Crippen molar-refractivity contribution in [2.45, 2.75) is 65.0 Å². The average Bonchev–Trinajstić information content (AvgIpc) is 2.69. The molecule has 1 aromatic carbocycles. The first-order valence-electron chi connectivity index (χ1n) is 11.3. The Kier molecular flexibility index (Phi) is 7.73. The van der Waals surface area contributed by atoms with E-state index in [0.29, 0.717) is 18.0 Å². The van der Waals surface area contributed by atoms with E-state index in [9.17, 15) is 0 Å². The minimum Gasteiger partial charge on any atom is -0.396 e. The van der Waals surface area contributed by atoms with E-state index in [2.05, 4.69) is 68.2 Å². The standard InChI is InChI=1S/C25H38N4O/c1-17(2)24-22(20-10-8-18(3)9-11-20)15-23(26)25(28-24)29-13-6-7-21(12-14-30-5)27-19(4)16-29/h8-11,15,17,19,21,27H,6-7,12-14,16,26H2,1-5H3. The van der Waals surface area contributed by atoms with Crippen molar-refractivity contribution >= 4 is 11.5 Å². The fourth-order valence-corrected chi connectivity index (χ4v) is 4.36. The van der Waals surface area contributed by atoms with Crippen LogP contribution in [0.1, 0.15) is 57.2 Å². The minimum atomic E-state index is 0.324. The summed E-state index contributed by atoms with van der Waals surface area (Å²) in [6.45, 7) is 11.5. The predicted molar refractivity (Wildman–Crippen MR) is 127 cm³/mol. The van der Waals surface area contributed by atoms with Crippen LogP contribution in [-0.4, -0.2) is 43.9 Å². The van der Waals surface area contributed by atoms with Gasteiger partial charge in [-0.3, -0.25) is 0 Å². The molecule has 0 saturated carbocycles. The Morgan fingerprint density at radius 1 is 1.27 bits per heavy atom. The number of methoxy groups -OCH3 is 1.